The van der Waals surface area contributed by atoms with Crippen LogP contribution in [0.15, 0.2) is 6.20 Å². The van der Waals surface area contributed by atoms with Crippen LogP contribution in [0.3, 0.4) is 0 Å². The lowest BCUT2D eigenvalue weighted by molar-refractivity contribution is 0.0594. The van der Waals surface area contributed by atoms with Crippen molar-refractivity contribution in [1.29, 1.82) is 0 Å². The van der Waals surface area contributed by atoms with Gasteiger partial charge in [-0.25, -0.2) is 14.5 Å². The molecule has 9 heteroatoms. The average Bonchev–Trinajstić information content (AvgIpc) is 3.24. The topological polar surface area (TPSA) is 86.0 Å². The van der Waals surface area contributed by atoms with Gasteiger partial charge in [0.05, 0.1) is 19.3 Å². The molecule has 0 saturated carbocycles. The molecule has 1 fully saturated rings. The fourth-order valence-corrected chi connectivity index (χ4v) is 3.34. The van der Waals surface area contributed by atoms with E-state index in [0.717, 1.165) is 36.9 Å². The van der Waals surface area contributed by atoms with E-state index in [1.165, 1.54) is 18.6 Å². The number of methoxy groups -OCH3 is 1. The summed E-state index contributed by atoms with van der Waals surface area (Å²) in [6.45, 7) is 6.01. The van der Waals surface area contributed by atoms with Crippen molar-refractivity contribution >= 4 is 22.6 Å². The van der Waals surface area contributed by atoms with Crippen molar-refractivity contribution in [3.63, 3.8) is 0 Å². The van der Waals surface area contributed by atoms with E-state index in [2.05, 4.69) is 43.2 Å². The molecular weight excluding hydrogens is 316 g/mol. The van der Waals surface area contributed by atoms with E-state index in [1.807, 2.05) is 0 Å². The van der Waals surface area contributed by atoms with Gasteiger partial charge < -0.3 is 9.64 Å². The number of carbonyl (C=O) groups excluding carboxylic acids is 1. The van der Waals surface area contributed by atoms with Crippen LogP contribution in [0.25, 0.3) is 0 Å². The Kier molecular flexibility index (Phi) is 4.56. The maximum atomic E-state index is 11.5. The summed E-state index contributed by atoms with van der Waals surface area (Å²) < 4.78 is 10.8. The van der Waals surface area contributed by atoms with Gasteiger partial charge in [0.25, 0.3) is 0 Å². The molecular formula is C14H20N6O2S. The molecule has 2 aromatic heterocycles. The summed E-state index contributed by atoms with van der Waals surface area (Å²) in [5.74, 6) is 1.00. The number of carbonyl (C=O) groups is 1. The van der Waals surface area contributed by atoms with E-state index < -0.39 is 5.97 Å². The number of aromatic nitrogens is 5. The highest BCUT2D eigenvalue weighted by atomic mass is 32.1. The summed E-state index contributed by atoms with van der Waals surface area (Å²) >= 11 is 1.45. The van der Waals surface area contributed by atoms with Gasteiger partial charge in [0.15, 0.2) is 5.69 Å². The van der Waals surface area contributed by atoms with Crippen molar-refractivity contribution in [2.75, 3.05) is 25.1 Å². The minimum absolute atomic E-state index is 0.179. The Balaban J connectivity index is 1.65. The molecule has 1 aliphatic rings. The highest BCUT2D eigenvalue weighted by Crippen LogP contribution is 2.28. The van der Waals surface area contributed by atoms with Gasteiger partial charge >= 0.3 is 5.97 Å². The van der Waals surface area contributed by atoms with Gasteiger partial charge in [-0.3, -0.25) is 0 Å². The summed E-state index contributed by atoms with van der Waals surface area (Å²) in [4.78, 5) is 18.3. The maximum Gasteiger partial charge on any atom is 0.360 e. The van der Waals surface area contributed by atoms with Gasteiger partial charge in [-0.1, -0.05) is 19.1 Å². The molecule has 1 aliphatic heterocycles. The Hall–Kier alpha value is -2.03. The van der Waals surface area contributed by atoms with Crippen LogP contribution in [0, 0.1) is 5.92 Å². The van der Waals surface area contributed by atoms with Crippen LogP contribution in [0.1, 0.15) is 42.6 Å². The van der Waals surface area contributed by atoms with Crippen LogP contribution in [0.4, 0.5) is 5.13 Å². The smallest absolute Gasteiger partial charge is 0.360 e. The minimum Gasteiger partial charge on any atom is -0.464 e. The molecule has 0 bridgehead atoms. The zero-order chi connectivity index (χ0) is 16.4. The number of hydrogen-bond donors (Lipinski definition) is 0. The third-order valence-corrected chi connectivity index (χ3v) is 4.58. The fraction of sp³-hybridized carbons (Fsp3) is 0.643. The third-order valence-electron chi connectivity index (χ3n) is 3.76. The van der Waals surface area contributed by atoms with Gasteiger partial charge in [0.1, 0.15) is 5.82 Å². The summed E-state index contributed by atoms with van der Waals surface area (Å²) in [6.07, 6.45) is 3.48. The molecule has 0 unspecified atom stereocenters. The highest BCUT2D eigenvalue weighted by Gasteiger charge is 2.28. The number of hydrogen-bond acceptors (Lipinski definition) is 8. The molecule has 8 nitrogen and oxygen atoms in total. The first kappa shape index (κ1) is 15.9. The SMILES string of the molecule is COC(=O)c1cn([C@@H]2CCN(c3nc(CC(C)C)ns3)C2)nn1. The second kappa shape index (κ2) is 6.61. The summed E-state index contributed by atoms with van der Waals surface area (Å²) in [5.41, 5.74) is 0.237. The van der Waals surface area contributed by atoms with Crippen LogP contribution in [0.5, 0.6) is 0 Å². The van der Waals surface area contributed by atoms with E-state index >= 15 is 0 Å². The molecule has 1 saturated heterocycles. The lowest BCUT2D eigenvalue weighted by Gasteiger charge is -2.14. The minimum atomic E-state index is -0.464. The molecule has 0 radical (unpaired) electrons. The Bertz CT molecular complexity index is 682. The van der Waals surface area contributed by atoms with Crippen LogP contribution in [0.2, 0.25) is 0 Å². The Labute approximate surface area is 138 Å². The Morgan fingerprint density at radius 1 is 1.52 bits per heavy atom. The van der Waals surface area contributed by atoms with Crippen molar-refractivity contribution in [2.24, 2.45) is 5.92 Å². The predicted molar refractivity (Wildman–Crippen MR) is 85.7 cm³/mol. The molecule has 124 valence electrons. The molecule has 3 heterocycles. The van der Waals surface area contributed by atoms with Crippen LogP contribution in [-0.4, -0.2) is 50.5 Å². The first-order valence-corrected chi connectivity index (χ1v) is 8.42. The molecule has 1 atom stereocenters. The zero-order valence-electron chi connectivity index (χ0n) is 13.5. The van der Waals surface area contributed by atoms with E-state index in [4.69, 9.17) is 0 Å². The predicted octanol–water partition coefficient (Wildman–Crippen LogP) is 1.57. The maximum absolute atomic E-state index is 11.5. The molecule has 0 N–H and O–H groups in total. The van der Waals surface area contributed by atoms with Crippen molar-refractivity contribution in [3.05, 3.63) is 17.7 Å². The van der Waals surface area contributed by atoms with E-state index in [1.54, 1.807) is 10.9 Å². The van der Waals surface area contributed by atoms with Crippen molar-refractivity contribution < 1.29 is 9.53 Å². The molecule has 2 aromatic rings. The molecule has 0 aromatic carbocycles. The zero-order valence-corrected chi connectivity index (χ0v) is 14.3. The molecule has 23 heavy (non-hydrogen) atoms. The largest absolute Gasteiger partial charge is 0.464 e. The van der Waals surface area contributed by atoms with E-state index in [0.29, 0.717) is 5.92 Å². The molecule has 0 aliphatic carbocycles. The van der Waals surface area contributed by atoms with E-state index in [9.17, 15) is 4.79 Å². The quantitative estimate of drug-likeness (QED) is 0.766. The Morgan fingerprint density at radius 3 is 3.09 bits per heavy atom. The monoisotopic (exact) mass is 336 g/mol. The van der Waals surface area contributed by atoms with Crippen molar-refractivity contribution in [2.45, 2.75) is 32.7 Å². The third kappa shape index (κ3) is 3.49. The number of esters is 1. The van der Waals surface area contributed by atoms with Crippen molar-refractivity contribution in [1.82, 2.24) is 24.4 Å². The number of nitrogens with zero attached hydrogens (tertiary/aromatic N) is 6. The summed E-state index contributed by atoms with van der Waals surface area (Å²) in [5, 5.41) is 8.86. The van der Waals surface area contributed by atoms with Crippen LogP contribution >= 0.6 is 11.5 Å². The lowest BCUT2D eigenvalue weighted by atomic mass is 10.1. The lowest BCUT2D eigenvalue weighted by Crippen LogP contribution is -2.21. The second-order valence-corrected chi connectivity index (χ2v) is 6.79. The molecule has 3 rings (SSSR count). The molecule has 0 spiro atoms. The first-order chi connectivity index (χ1) is 11.1. The molecule has 0 amide bonds. The summed E-state index contributed by atoms with van der Waals surface area (Å²) in [7, 11) is 1.34. The van der Waals surface area contributed by atoms with Crippen LogP contribution in [-0.2, 0) is 11.2 Å². The normalized spacial score (nSPS) is 17.9. The van der Waals surface area contributed by atoms with Gasteiger partial charge in [-0.05, 0) is 12.3 Å². The van der Waals surface area contributed by atoms with Crippen molar-refractivity contribution in [3.8, 4) is 0 Å². The summed E-state index contributed by atoms with van der Waals surface area (Å²) in [6, 6.07) is 0.179. The van der Waals surface area contributed by atoms with Gasteiger partial charge in [0.2, 0.25) is 5.13 Å². The number of anilines is 1. The fourth-order valence-electron chi connectivity index (χ4n) is 2.61. The van der Waals surface area contributed by atoms with Gasteiger partial charge in [-0.2, -0.15) is 4.37 Å². The highest BCUT2D eigenvalue weighted by molar-refractivity contribution is 7.09. The standard InChI is InChI=1S/C14H20N6O2S/c1-9(2)6-12-15-14(23-17-12)19-5-4-10(7-19)20-8-11(16-18-20)13(21)22-3/h8-10H,4-7H2,1-3H3/t10-/m1/s1. The number of rotatable bonds is 5. The first-order valence-electron chi connectivity index (χ1n) is 7.64. The Morgan fingerprint density at radius 2 is 2.35 bits per heavy atom. The number of ether oxygens (including phenoxy) is 1. The average molecular weight is 336 g/mol. The van der Waals surface area contributed by atoms with Crippen LogP contribution < -0.4 is 4.90 Å². The van der Waals surface area contributed by atoms with Gasteiger partial charge in [0, 0.05) is 31.0 Å². The second-order valence-electron chi connectivity index (χ2n) is 6.06. The van der Waals surface area contributed by atoms with E-state index in [-0.39, 0.29) is 11.7 Å². The van der Waals surface area contributed by atoms with Gasteiger partial charge in [-0.15, -0.1) is 5.10 Å².